The van der Waals surface area contributed by atoms with Gasteiger partial charge in [0, 0.05) is 13.1 Å². The van der Waals surface area contributed by atoms with E-state index in [0.29, 0.717) is 0 Å². The third-order valence-corrected chi connectivity index (χ3v) is 4.32. The molecule has 0 aromatic rings. The molecule has 0 aromatic heterocycles. The predicted octanol–water partition coefficient (Wildman–Crippen LogP) is 3.12. The summed E-state index contributed by atoms with van der Waals surface area (Å²) in [5.41, 5.74) is -1.52. The van der Waals surface area contributed by atoms with Gasteiger partial charge in [-0.25, -0.2) is 9.59 Å². The van der Waals surface area contributed by atoms with Crippen LogP contribution in [0.5, 0.6) is 0 Å². The molecule has 2 amide bonds. The van der Waals surface area contributed by atoms with E-state index in [0.717, 1.165) is 0 Å². The van der Waals surface area contributed by atoms with Crippen molar-refractivity contribution in [3.8, 4) is 0 Å². The van der Waals surface area contributed by atoms with E-state index in [1.807, 2.05) is 0 Å². The van der Waals surface area contributed by atoms with Crippen LogP contribution in [0, 0.1) is 0 Å². The van der Waals surface area contributed by atoms with Crippen LogP contribution >= 0.6 is 0 Å². The van der Waals surface area contributed by atoms with Crippen molar-refractivity contribution < 1.29 is 38.1 Å². The van der Waals surface area contributed by atoms with Gasteiger partial charge in [-0.3, -0.25) is 14.5 Å². The largest absolute Gasteiger partial charge is 0.466 e. The van der Waals surface area contributed by atoms with Gasteiger partial charge in [0.2, 0.25) is 0 Å². The quantitative estimate of drug-likeness (QED) is 0.441. The summed E-state index contributed by atoms with van der Waals surface area (Å²) in [4.78, 5) is 53.2. The molecule has 1 aliphatic rings. The van der Waals surface area contributed by atoms with Crippen LogP contribution in [0.3, 0.4) is 0 Å². The van der Waals surface area contributed by atoms with E-state index in [1.54, 1.807) is 55.4 Å². The fourth-order valence-corrected chi connectivity index (χ4v) is 3.30. The van der Waals surface area contributed by atoms with Crippen LogP contribution in [-0.4, -0.2) is 83.5 Å². The normalized spacial score (nSPS) is 19.2. The van der Waals surface area contributed by atoms with E-state index in [9.17, 15) is 19.2 Å². The summed E-state index contributed by atoms with van der Waals surface area (Å²) in [6, 6.07) is -1.52. The highest BCUT2D eigenvalue weighted by atomic mass is 16.6. The summed E-state index contributed by atoms with van der Waals surface area (Å²) in [7, 11) is 0. The number of esters is 2. The zero-order chi connectivity index (χ0) is 24.7. The summed E-state index contributed by atoms with van der Waals surface area (Å²) in [5.74, 6) is -1.04. The highest BCUT2D eigenvalue weighted by Crippen LogP contribution is 2.26. The molecule has 10 nitrogen and oxygen atoms in total. The Morgan fingerprint density at radius 3 is 1.44 bits per heavy atom. The van der Waals surface area contributed by atoms with Crippen LogP contribution in [0.15, 0.2) is 0 Å². The summed E-state index contributed by atoms with van der Waals surface area (Å²) in [6.07, 6.45) is -1.59. The lowest BCUT2D eigenvalue weighted by atomic mass is 10.0. The van der Waals surface area contributed by atoms with Crippen LogP contribution in [0.2, 0.25) is 0 Å². The van der Waals surface area contributed by atoms with E-state index >= 15 is 0 Å². The molecule has 2 atom stereocenters. The molecular formula is C22H38N2O8. The first kappa shape index (κ1) is 27.5. The smallest absolute Gasteiger partial charge is 0.410 e. The van der Waals surface area contributed by atoms with Crippen LogP contribution in [-0.2, 0) is 28.5 Å². The average molecular weight is 459 g/mol. The lowest BCUT2D eigenvalue weighted by Gasteiger charge is -2.46. The standard InChI is InChI=1S/C22H38N2O8/c1-9-29-17(25)11-15-13-23(19(27)31-21(3,4)5)14-16(12-18(26)30-10-2)24(15)20(28)32-22(6,7)8/h15-16H,9-14H2,1-8H3. The Labute approximate surface area is 190 Å². The van der Waals surface area contributed by atoms with Crippen molar-refractivity contribution >= 4 is 24.1 Å². The fraction of sp³-hybridized carbons (Fsp3) is 0.818. The lowest BCUT2D eigenvalue weighted by Crippen LogP contribution is -2.63. The molecule has 0 bridgehead atoms. The van der Waals surface area contributed by atoms with Crippen molar-refractivity contribution in [1.82, 2.24) is 9.80 Å². The Hall–Kier alpha value is -2.52. The van der Waals surface area contributed by atoms with Gasteiger partial charge in [0.1, 0.15) is 11.2 Å². The van der Waals surface area contributed by atoms with E-state index in [-0.39, 0.29) is 39.1 Å². The average Bonchev–Trinajstić information content (AvgIpc) is 2.58. The maximum Gasteiger partial charge on any atom is 0.410 e. The molecule has 1 heterocycles. The van der Waals surface area contributed by atoms with Gasteiger partial charge in [-0.15, -0.1) is 0 Å². The van der Waals surface area contributed by atoms with Gasteiger partial charge < -0.3 is 23.8 Å². The molecule has 2 unspecified atom stereocenters. The fourth-order valence-electron chi connectivity index (χ4n) is 3.30. The molecule has 0 radical (unpaired) electrons. The van der Waals surface area contributed by atoms with Gasteiger partial charge in [-0.05, 0) is 55.4 Å². The first-order valence-corrected chi connectivity index (χ1v) is 11.0. The number of hydrogen-bond donors (Lipinski definition) is 0. The second kappa shape index (κ2) is 11.4. The Bertz CT molecular complexity index is 650. The third kappa shape index (κ3) is 9.32. The van der Waals surface area contributed by atoms with Gasteiger partial charge in [0.15, 0.2) is 0 Å². The van der Waals surface area contributed by atoms with Crippen molar-refractivity contribution in [2.45, 2.75) is 91.5 Å². The van der Waals surface area contributed by atoms with Crippen LogP contribution in [0.1, 0.15) is 68.2 Å². The monoisotopic (exact) mass is 458 g/mol. The van der Waals surface area contributed by atoms with E-state index in [4.69, 9.17) is 18.9 Å². The molecule has 0 spiro atoms. The van der Waals surface area contributed by atoms with Crippen LogP contribution in [0.4, 0.5) is 9.59 Å². The first-order chi connectivity index (χ1) is 14.7. The molecule has 32 heavy (non-hydrogen) atoms. The summed E-state index contributed by atoms with van der Waals surface area (Å²) in [6.45, 7) is 14.2. The molecular weight excluding hydrogens is 420 g/mol. The highest BCUT2D eigenvalue weighted by molar-refractivity contribution is 5.77. The molecule has 184 valence electrons. The highest BCUT2D eigenvalue weighted by Gasteiger charge is 2.44. The third-order valence-electron chi connectivity index (χ3n) is 4.32. The number of carbonyl (C=O) groups excluding carboxylic acids is 4. The lowest BCUT2D eigenvalue weighted by molar-refractivity contribution is -0.147. The molecule has 1 rings (SSSR count). The zero-order valence-electron chi connectivity index (χ0n) is 20.6. The minimum Gasteiger partial charge on any atom is -0.466 e. The van der Waals surface area contributed by atoms with Crippen LogP contribution < -0.4 is 0 Å². The molecule has 0 aliphatic carbocycles. The Balaban J connectivity index is 3.29. The summed E-state index contributed by atoms with van der Waals surface area (Å²) < 4.78 is 21.1. The molecule has 10 heteroatoms. The topological polar surface area (TPSA) is 112 Å². The van der Waals surface area contributed by atoms with Gasteiger partial charge in [-0.1, -0.05) is 0 Å². The Morgan fingerprint density at radius 2 is 1.09 bits per heavy atom. The molecule has 0 N–H and O–H groups in total. The first-order valence-electron chi connectivity index (χ1n) is 11.0. The number of piperazine rings is 1. The van der Waals surface area contributed by atoms with E-state index < -0.39 is 47.4 Å². The number of nitrogens with zero attached hydrogens (tertiary/aromatic N) is 2. The zero-order valence-corrected chi connectivity index (χ0v) is 20.6. The molecule has 1 fully saturated rings. The Morgan fingerprint density at radius 1 is 0.719 bits per heavy atom. The number of amides is 2. The van der Waals surface area contributed by atoms with Crippen LogP contribution in [0.25, 0.3) is 0 Å². The van der Waals surface area contributed by atoms with Crippen molar-refractivity contribution in [2.75, 3.05) is 26.3 Å². The number of ether oxygens (including phenoxy) is 4. The number of carbonyl (C=O) groups is 4. The molecule has 0 saturated carbocycles. The van der Waals surface area contributed by atoms with Crippen molar-refractivity contribution in [3.05, 3.63) is 0 Å². The van der Waals surface area contributed by atoms with Gasteiger partial charge in [-0.2, -0.15) is 0 Å². The van der Waals surface area contributed by atoms with Crippen molar-refractivity contribution in [2.24, 2.45) is 0 Å². The number of hydrogen-bond acceptors (Lipinski definition) is 8. The maximum atomic E-state index is 13.1. The van der Waals surface area contributed by atoms with Gasteiger partial charge >= 0.3 is 24.1 Å². The van der Waals surface area contributed by atoms with E-state index in [2.05, 4.69) is 0 Å². The molecule has 0 aromatic carbocycles. The van der Waals surface area contributed by atoms with Crippen molar-refractivity contribution in [1.29, 1.82) is 0 Å². The van der Waals surface area contributed by atoms with E-state index in [1.165, 1.54) is 9.80 Å². The number of rotatable bonds is 6. The summed E-state index contributed by atoms with van der Waals surface area (Å²) in [5, 5.41) is 0. The predicted molar refractivity (Wildman–Crippen MR) is 116 cm³/mol. The van der Waals surface area contributed by atoms with Crippen molar-refractivity contribution in [3.63, 3.8) is 0 Å². The minimum absolute atomic E-state index is 0.0340. The van der Waals surface area contributed by atoms with Gasteiger partial charge in [0.25, 0.3) is 0 Å². The minimum atomic E-state index is -0.789. The molecule has 1 aliphatic heterocycles. The van der Waals surface area contributed by atoms with Gasteiger partial charge in [0.05, 0.1) is 38.1 Å². The second-order valence-corrected chi connectivity index (χ2v) is 9.60. The summed E-state index contributed by atoms with van der Waals surface area (Å²) >= 11 is 0. The molecule has 1 saturated heterocycles. The maximum absolute atomic E-state index is 13.1. The SMILES string of the molecule is CCOC(=O)CC1CN(C(=O)OC(C)(C)C)CC(CC(=O)OCC)N1C(=O)OC(C)(C)C. The second-order valence-electron chi connectivity index (χ2n) is 9.60. The Kier molecular flexibility index (Phi) is 9.78.